The van der Waals surface area contributed by atoms with Crippen LogP contribution in [0.15, 0.2) is 69.9 Å². The smallest absolute Gasteiger partial charge is 0.291 e. The number of carbonyl (C=O) groups is 1. The van der Waals surface area contributed by atoms with Gasteiger partial charge in [0.2, 0.25) is 5.76 Å². The minimum atomic E-state index is -0.639. The van der Waals surface area contributed by atoms with Gasteiger partial charge in [-0.15, -0.1) is 0 Å². The summed E-state index contributed by atoms with van der Waals surface area (Å²) < 4.78 is 17.4. The molecule has 0 spiro atoms. The second-order valence-corrected chi connectivity index (χ2v) is 9.99. The highest BCUT2D eigenvalue weighted by Gasteiger charge is 2.43. The van der Waals surface area contributed by atoms with E-state index >= 15 is 0 Å². The molecule has 0 saturated carbocycles. The van der Waals surface area contributed by atoms with Crippen LogP contribution in [0.5, 0.6) is 11.5 Å². The van der Waals surface area contributed by atoms with E-state index in [9.17, 15) is 9.59 Å². The van der Waals surface area contributed by atoms with Crippen molar-refractivity contribution in [1.82, 2.24) is 4.90 Å². The van der Waals surface area contributed by atoms with E-state index in [1.165, 1.54) is 0 Å². The van der Waals surface area contributed by atoms with E-state index in [1.54, 1.807) is 24.1 Å². The summed E-state index contributed by atoms with van der Waals surface area (Å²) in [6, 6.07) is 17.8. The molecule has 1 aromatic heterocycles. The lowest BCUT2D eigenvalue weighted by Crippen LogP contribution is -2.29. The highest BCUT2D eigenvalue weighted by molar-refractivity contribution is 6.32. The summed E-state index contributed by atoms with van der Waals surface area (Å²) in [5.41, 5.74) is 2.87. The van der Waals surface area contributed by atoms with Crippen molar-refractivity contribution in [2.75, 3.05) is 13.7 Å². The number of unbranched alkanes of at least 4 members (excludes halogenated alkanes) is 2. The molecule has 0 N–H and O–H groups in total. The first-order valence-corrected chi connectivity index (χ1v) is 13.2. The van der Waals surface area contributed by atoms with Crippen LogP contribution >= 0.6 is 11.6 Å². The Morgan fingerprint density at radius 1 is 1.00 bits per heavy atom. The summed E-state index contributed by atoms with van der Waals surface area (Å²) in [5.74, 6) is 1.16. The molecule has 0 saturated heterocycles. The van der Waals surface area contributed by atoms with Gasteiger partial charge in [-0.2, -0.15) is 0 Å². The summed E-state index contributed by atoms with van der Waals surface area (Å²) in [5, 5.41) is 0.832. The highest BCUT2D eigenvalue weighted by Crippen LogP contribution is 2.40. The van der Waals surface area contributed by atoms with Crippen molar-refractivity contribution in [2.45, 2.75) is 45.7 Å². The van der Waals surface area contributed by atoms with Crippen LogP contribution in [-0.2, 0) is 6.54 Å². The first kappa shape index (κ1) is 25.9. The molecule has 1 aliphatic rings. The lowest BCUT2D eigenvalue weighted by atomic mass is 9.97. The molecular formula is C31H30ClNO5. The third kappa shape index (κ3) is 4.88. The molecule has 196 valence electrons. The fourth-order valence-corrected chi connectivity index (χ4v) is 5.06. The second kappa shape index (κ2) is 10.9. The molecule has 7 heteroatoms. The van der Waals surface area contributed by atoms with E-state index in [1.807, 2.05) is 55.5 Å². The van der Waals surface area contributed by atoms with Gasteiger partial charge in [0, 0.05) is 11.6 Å². The monoisotopic (exact) mass is 531 g/mol. The van der Waals surface area contributed by atoms with Gasteiger partial charge in [-0.1, -0.05) is 55.6 Å². The average molecular weight is 532 g/mol. The van der Waals surface area contributed by atoms with Crippen molar-refractivity contribution in [3.05, 3.63) is 104 Å². The van der Waals surface area contributed by atoms with Crippen molar-refractivity contribution in [2.24, 2.45) is 0 Å². The highest BCUT2D eigenvalue weighted by atomic mass is 35.5. The van der Waals surface area contributed by atoms with Crippen LogP contribution in [-0.4, -0.2) is 24.5 Å². The van der Waals surface area contributed by atoms with E-state index in [4.69, 9.17) is 25.5 Å². The number of benzene rings is 3. The van der Waals surface area contributed by atoms with Gasteiger partial charge in [-0.25, -0.2) is 0 Å². The summed E-state index contributed by atoms with van der Waals surface area (Å²) in [4.78, 5) is 29.4. The topological polar surface area (TPSA) is 69.0 Å². The standard InChI is InChI=1S/C31H30ClNO5/c1-4-5-6-14-37-23-9-7-8-21(16-23)28-27-29(34)24-17-25(32)19(2)15-26(24)38-30(27)31(35)33(28)18-20-10-12-22(36-3)13-11-20/h7-13,15-17,28H,4-6,14,18H2,1-3H3. The van der Waals surface area contributed by atoms with Crippen molar-refractivity contribution in [1.29, 1.82) is 0 Å². The number of ether oxygens (including phenoxy) is 2. The number of methoxy groups -OCH3 is 1. The number of rotatable bonds is 9. The zero-order valence-electron chi connectivity index (χ0n) is 21.8. The predicted molar refractivity (Wildman–Crippen MR) is 148 cm³/mol. The zero-order valence-corrected chi connectivity index (χ0v) is 22.5. The van der Waals surface area contributed by atoms with Crippen molar-refractivity contribution in [3.8, 4) is 11.5 Å². The van der Waals surface area contributed by atoms with Crippen molar-refractivity contribution >= 4 is 28.5 Å². The fraction of sp³-hybridized carbons (Fsp3) is 0.290. The van der Waals surface area contributed by atoms with Crippen LogP contribution in [0.4, 0.5) is 0 Å². The van der Waals surface area contributed by atoms with Crippen molar-refractivity contribution < 1.29 is 18.7 Å². The molecule has 2 heterocycles. The molecule has 3 aromatic carbocycles. The van der Waals surface area contributed by atoms with Gasteiger partial charge in [0.05, 0.1) is 30.7 Å². The first-order chi connectivity index (χ1) is 18.4. The molecule has 0 radical (unpaired) electrons. The number of halogens is 1. The largest absolute Gasteiger partial charge is 0.497 e. The van der Waals surface area contributed by atoms with E-state index in [-0.39, 0.29) is 23.6 Å². The third-order valence-corrected chi connectivity index (χ3v) is 7.36. The lowest BCUT2D eigenvalue weighted by Gasteiger charge is -2.25. The van der Waals surface area contributed by atoms with Crippen LogP contribution in [0, 0.1) is 6.92 Å². The number of fused-ring (bicyclic) bond motifs is 2. The Balaban J connectivity index is 1.61. The molecule has 6 nitrogen and oxygen atoms in total. The molecule has 1 amide bonds. The molecule has 1 aliphatic heterocycles. The minimum Gasteiger partial charge on any atom is -0.497 e. The van der Waals surface area contributed by atoms with E-state index in [0.717, 1.165) is 41.7 Å². The summed E-state index contributed by atoms with van der Waals surface area (Å²) in [6.45, 7) is 4.88. The second-order valence-electron chi connectivity index (χ2n) is 9.58. The molecule has 4 aromatic rings. The number of hydrogen-bond acceptors (Lipinski definition) is 5. The average Bonchev–Trinajstić information content (AvgIpc) is 3.20. The number of aryl methyl sites for hydroxylation is 1. The van der Waals surface area contributed by atoms with Gasteiger partial charge in [0.25, 0.3) is 5.91 Å². The Kier molecular flexibility index (Phi) is 7.43. The molecule has 38 heavy (non-hydrogen) atoms. The van der Waals surface area contributed by atoms with Gasteiger partial charge in [0.15, 0.2) is 5.43 Å². The Hall–Kier alpha value is -3.77. The quantitative estimate of drug-likeness (QED) is 0.216. The zero-order chi connectivity index (χ0) is 26.8. The lowest BCUT2D eigenvalue weighted by molar-refractivity contribution is 0.0714. The third-order valence-electron chi connectivity index (χ3n) is 6.95. The maximum absolute atomic E-state index is 13.9. The number of nitrogens with zero attached hydrogens (tertiary/aromatic N) is 1. The SMILES string of the molecule is CCCCCOc1cccc(C2c3c(oc4cc(C)c(Cl)cc4c3=O)C(=O)N2Cc2ccc(OC)cc2)c1. The number of hydrogen-bond donors (Lipinski definition) is 0. The van der Waals surface area contributed by atoms with Crippen LogP contribution in [0.3, 0.4) is 0 Å². The number of carbonyl (C=O) groups excluding carboxylic acids is 1. The Bertz CT molecular complexity index is 1540. The van der Waals surface area contributed by atoms with Gasteiger partial charge < -0.3 is 18.8 Å². The minimum absolute atomic E-state index is 0.0667. The molecular weight excluding hydrogens is 502 g/mol. The Morgan fingerprint density at radius 3 is 2.53 bits per heavy atom. The maximum atomic E-state index is 13.9. The molecule has 0 aliphatic carbocycles. The Morgan fingerprint density at radius 2 is 1.79 bits per heavy atom. The summed E-state index contributed by atoms with van der Waals surface area (Å²) in [7, 11) is 1.61. The maximum Gasteiger partial charge on any atom is 0.291 e. The Labute approximate surface area is 226 Å². The van der Waals surface area contributed by atoms with Crippen LogP contribution in [0.1, 0.15) is 65.0 Å². The first-order valence-electron chi connectivity index (χ1n) is 12.8. The van der Waals surface area contributed by atoms with Crippen molar-refractivity contribution in [3.63, 3.8) is 0 Å². The predicted octanol–water partition coefficient (Wildman–Crippen LogP) is 7.08. The van der Waals surface area contributed by atoms with E-state index < -0.39 is 6.04 Å². The van der Waals surface area contributed by atoms with Gasteiger partial charge in [0.1, 0.15) is 17.1 Å². The van der Waals surface area contributed by atoms with Crippen LogP contribution in [0.25, 0.3) is 11.0 Å². The molecule has 1 atom stereocenters. The molecule has 1 unspecified atom stereocenters. The van der Waals surface area contributed by atoms with Gasteiger partial charge in [-0.3, -0.25) is 9.59 Å². The van der Waals surface area contributed by atoms with Crippen LogP contribution in [0.2, 0.25) is 5.02 Å². The summed E-state index contributed by atoms with van der Waals surface area (Å²) in [6.07, 6.45) is 3.17. The van der Waals surface area contributed by atoms with Crippen LogP contribution < -0.4 is 14.9 Å². The fourth-order valence-electron chi connectivity index (χ4n) is 4.89. The molecule has 0 bridgehead atoms. The van der Waals surface area contributed by atoms with E-state index in [0.29, 0.717) is 33.9 Å². The molecule has 5 rings (SSSR count). The van der Waals surface area contributed by atoms with Gasteiger partial charge in [-0.05, 0) is 66.4 Å². The van der Waals surface area contributed by atoms with Gasteiger partial charge >= 0.3 is 0 Å². The summed E-state index contributed by atoms with van der Waals surface area (Å²) >= 11 is 6.36. The number of amides is 1. The molecule has 0 fully saturated rings. The van der Waals surface area contributed by atoms with E-state index in [2.05, 4.69) is 6.92 Å². The normalized spacial score (nSPS) is 14.7.